The van der Waals surface area contributed by atoms with E-state index in [1.165, 1.54) is 14.8 Å². The minimum absolute atomic E-state index is 0.0783. The summed E-state index contributed by atoms with van der Waals surface area (Å²) in [5.41, 5.74) is 10.6. The van der Waals surface area contributed by atoms with Gasteiger partial charge in [0.15, 0.2) is 11.6 Å². The number of carbonyl (C=O) groups is 4. The molecule has 3 amide bonds. The molecule has 0 bridgehead atoms. The molecule has 4 aromatic rings. The SMILES string of the molecule is CN1CCN([C@@H]2CCCN(c3cnc(C(N)=O)c(Cc4ccc(C5CCN(CC6CCN(c7ccc(-c8nn(C9CCC(=O)CC9=O)c(=O)n8C)cc7)CC6)CC5)cc4)n3)C2)C1=O. The molecule has 5 fully saturated rings. The van der Waals surface area contributed by atoms with Gasteiger partial charge in [-0.3, -0.25) is 19.0 Å². The molecule has 1 aliphatic carbocycles. The van der Waals surface area contributed by atoms with Crippen molar-refractivity contribution in [2.24, 2.45) is 18.7 Å². The minimum atomic E-state index is -0.683. The Balaban J connectivity index is 0.744. The van der Waals surface area contributed by atoms with Crippen molar-refractivity contribution in [2.45, 2.75) is 82.2 Å². The molecule has 0 spiro atoms. The van der Waals surface area contributed by atoms with E-state index >= 15 is 0 Å². The lowest BCUT2D eigenvalue weighted by Gasteiger charge is -2.38. The van der Waals surface area contributed by atoms with Crippen molar-refractivity contribution in [2.75, 3.05) is 75.8 Å². The van der Waals surface area contributed by atoms with Gasteiger partial charge in [0.2, 0.25) is 0 Å². The van der Waals surface area contributed by atoms with Gasteiger partial charge in [0.05, 0.1) is 24.4 Å². The molecule has 4 saturated heterocycles. The maximum Gasteiger partial charge on any atom is 0.346 e. The molecule has 2 aromatic carbocycles. The fourth-order valence-electron chi connectivity index (χ4n) is 10.5. The van der Waals surface area contributed by atoms with Crippen molar-refractivity contribution < 1.29 is 19.2 Å². The molecule has 2 aromatic heterocycles. The van der Waals surface area contributed by atoms with Crippen molar-refractivity contribution in [3.05, 3.63) is 87.7 Å². The summed E-state index contributed by atoms with van der Waals surface area (Å²) in [5, 5.41) is 4.55. The first kappa shape index (κ1) is 42.4. The number of amides is 3. The first-order valence-electron chi connectivity index (χ1n) is 22.8. The monoisotopic (exact) mass is 857 g/mol. The van der Waals surface area contributed by atoms with E-state index in [0.717, 1.165) is 108 Å². The van der Waals surface area contributed by atoms with Crippen LogP contribution in [0.25, 0.3) is 11.4 Å². The van der Waals surface area contributed by atoms with E-state index in [4.69, 9.17) is 10.7 Å². The number of hydrogen-bond donors (Lipinski definition) is 1. The molecule has 63 heavy (non-hydrogen) atoms. The first-order valence-corrected chi connectivity index (χ1v) is 22.8. The Morgan fingerprint density at radius 1 is 0.810 bits per heavy atom. The molecule has 2 atom stereocenters. The average Bonchev–Trinajstić information content (AvgIpc) is 3.79. The Kier molecular flexibility index (Phi) is 12.2. The third-order valence-corrected chi connectivity index (χ3v) is 14.2. The Morgan fingerprint density at radius 2 is 1.56 bits per heavy atom. The maximum atomic E-state index is 13.0. The maximum absolute atomic E-state index is 13.0. The van der Waals surface area contributed by atoms with Crippen LogP contribution in [0.4, 0.5) is 16.3 Å². The zero-order valence-corrected chi connectivity index (χ0v) is 36.5. The number of nitrogens with two attached hydrogens (primary N) is 1. The molecule has 0 radical (unpaired) electrons. The lowest BCUT2D eigenvalue weighted by molar-refractivity contribution is -0.132. The minimum Gasteiger partial charge on any atom is -0.372 e. The van der Waals surface area contributed by atoms with Gasteiger partial charge in [-0.25, -0.2) is 24.2 Å². The van der Waals surface area contributed by atoms with Crippen molar-refractivity contribution in [3.63, 3.8) is 0 Å². The Hall–Kier alpha value is -5.90. The molecule has 6 heterocycles. The number of anilines is 2. The van der Waals surface area contributed by atoms with Crippen LogP contribution in [0.2, 0.25) is 0 Å². The van der Waals surface area contributed by atoms with Crippen LogP contribution >= 0.6 is 0 Å². The lowest BCUT2D eigenvalue weighted by atomic mass is 9.87. The van der Waals surface area contributed by atoms with E-state index in [1.807, 2.05) is 24.1 Å². The van der Waals surface area contributed by atoms with Gasteiger partial charge in [-0.05, 0) is 105 Å². The van der Waals surface area contributed by atoms with Crippen LogP contribution in [0.1, 0.15) is 97.1 Å². The largest absolute Gasteiger partial charge is 0.372 e. The summed E-state index contributed by atoms with van der Waals surface area (Å²) in [6.45, 7) is 8.29. The second-order valence-electron chi connectivity index (χ2n) is 18.3. The van der Waals surface area contributed by atoms with Crippen LogP contribution in [0.3, 0.4) is 0 Å². The lowest BCUT2D eigenvalue weighted by Crippen LogP contribution is -2.49. The van der Waals surface area contributed by atoms with Gasteiger partial charge in [0.1, 0.15) is 23.3 Å². The van der Waals surface area contributed by atoms with E-state index in [0.29, 0.717) is 48.6 Å². The predicted molar refractivity (Wildman–Crippen MR) is 239 cm³/mol. The van der Waals surface area contributed by atoms with E-state index in [9.17, 15) is 24.0 Å². The summed E-state index contributed by atoms with van der Waals surface area (Å²) in [5.74, 6) is 1.49. The van der Waals surface area contributed by atoms with Crippen LogP contribution in [-0.2, 0) is 23.1 Å². The summed E-state index contributed by atoms with van der Waals surface area (Å²) in [4.78, 5) is 82.8. The summed E-state index contributed by atoms with van der Waals surface area (Å²) < 4.78 is 2.74. The molecule has 16 nitrogen and oxygen atoms in total. The number of urea groups is 1. The predicted octanol–water partition coefficient (Wildman–Crippen LogP) is 4.02. The fourth-order valence-corrected chi connectivity index (χ4v) is 10.5. The van der Waals surface area contributed by atoms with Crippen LogP contribution in [0, 0.1) is 5.92 Å². The van der Waals surface area contributed by atoms with E-state index in [-0.39, 0.29) is 47.9 Å². The second kappa shape index (κ2) is 18.1. The Morgan fingerprint density at radius 3 is 2.24 bits per heavy atom. The Labute approximate surface area is 368 Å². The highest BCUT2D eigenvalue weighted by atomic mass is 16.2. The summed E-state index contributed by atoms with van der Waals surface area (Å²) in [6.07, 6.45) is 9.02. The zero-order valence-electron chi connectivity index (χ0n) is 36.5. The molecule has 5 aliphatic rings. The number of likely N-dealkylation sites (tertiary alicyclic amines) is 1. The molecule has 16 heteroatoms. The number of likely N-dealkylation sites (N-methyl/N-ethyl adjacent to an activating group) is 1. The summed E-state index contributed by atoms with van der Waals surface area (Å²) >= 11 is 0. The van der Waals surface area contributed by atoms with Crippen molar-refractivity contribution in [3.8, 4) is 11.4 Å². The highest BCUT2D eigenvalue weighted by Gasteiger charge is 2.35. The van der Waals surface area contributed by atoms with Crippen LogP contribution < -0.4 is 21.2 Å². The zero-order chi connectivity index (χ0) is 43.8. The number of hydrogen-bond acceptors (Lipinski definition) is 11. The third-order valence-electron chi connectivity index (χ3n) is 14.2. The van der Waals surface area contributed by atoms with Gasteiger partial charge in [-0.2, -0.15) is 0 Å². The van der Waals surface area contributed by atoms with E-state index in [1.54, 1.807) is 18.1 Å². The fraction of sp³-hybridized carbons (Fsp3) is 0.532. The second-order valence-corrected chi connectivity index (χ2v) is 18.3. The van der Waals surface area contributed by atoms with Crippen molar-refractivity contribution >= 4 is 35.0 Å². The van der Waals surface area contributed by atoms with E-state index in [2.05, 4.69) is 61.2 Å². The van der Waals surface area contributed by atoms with Crippen LogP contribution in [0.5, 0.6) is 0 Å². The number of ketones is 2. The molecule has 2 N–H and O–H groups in total. The molecular weight excluding hydrogens is 799 g/mol. The van der Waals surface area contributed by atoms with E-state index < -0.39 is 11.9 Å². The number of rotatable bonds is 11. The number of carbonyl (C=O) groups excluding carboxylic acids is 4. The number of primary amides is 1. The van der Waals surface area contributed by atoms with Gasteiger partial charge in [0.25, 0.3) is 5.91 Å². The number of benzene rings is 2. The number of nitrogens with zero attached hydrogens (tertiary/aromatic N) is 10. The molecule has 4 aliphatic heterocycles. The van der Waals surface area contributed by atoms with Gasteiger partial charge >= 0.3 is 11.7 Å². The summed E-state index contributed by atoms with van der Waals surface area (Å²) in [6, 6.07) is 16.5. The molecule has 1 unspecified atom stereocenters. The quantitative estimate of drug-likeness (QED) is 0.216. The molecule has 9 rings (SSSR count). The highest BCUT2D eigenvalue weighted by Crippen LogP contribution is 2.32. The number of Topliss-reactive ketones (excluding diaryl/α,β-unsaturated/α-hetero) is 2. The average molecular weight is 858 g/mol. The first-order chi connectivity index (χ1) is 30.5. The molecular formula is C47H59N11O5. The summed E-state index contributed by atoms with van der Waals surface area (Å²) in [7, 11) is 3.52. The van der Waals surface area contributed by atoms with Gasteiger partial charge < -0.3 is 30.2 Å². The Bertz CT molecular complexity index is 2400. The topological polar surface area (TPSA) is 176 Å². The van der Waals surface area contributed by atoms with Crippen molar-refractivity contribution in [1.82, 2.24) is 39.0 Å². The molecule has 1 saturated carbocycles. The van der Waals surface area contributed by atoms with Crippen molar-refractivity contribution in [1.29, 1.82) is 0 Å². The van der Waals surface area contributed by atoms with Gasteiger partial charge in [-0.15, -0.1) is 5.10 Å². The number of piperidine rings is 3. The van der Waals surface area contributed by atoms with Gasteiger partial charge in [-0.1, -0.05) is 24.3 Å². The van der Waals surface area contributed by atoms with Gasteiger partial charge in [0, 0.05) is 84.0 Å². The third kappa shape index (κ3) is 9.00. The highest BCUT2D eigenvalue weighted by molar-refractivity contribution is 6.03. The normalized spacial score (nSPS) is 22.1. The van der Waals surface area contributed by atoms with Crippen LogP contribution in [0.15, 0.2) is 59.5 Å². The smallest absolute Gasteiger partial charge is 0.346 e. The standard InChI is InChI=1S/C47H59N11O5/c1-52-24-25-57(46(52)62)37-4-3-19-56(30-37)42-28-49-43(44(48)61)39(50-42)26-31-5-7-33(8-6-31)34-17-20-54(21-18-34)29-32-15-22-55(23-16-32)36-11-9-35(10-12-36)45-51-58(47(63)53(45)2)40-14-13-38(59)27-41(40)60/h5-12,28,32,34,37,40H,3-4,13-27,29-30H2,1-2H3,(H2,48,61)/t37-,40?/m1/s1. The van der Waals surface area contributed by atoms with Crippen LogP contribution in [-0.4, -0.2) is 135 Å². The molecule has 332 valence electrons. The number of aromatic nitrogens is 5.